The van der Waals surface area contributed by atoms with Crippen LogP contribution in [0.2, 0.25) is 0 Å². The normalized spacial score (nSPS) is 31.5. The Morgan fingerprint density at radius 1 is 1.12 bits per heavy atom. The monoisotopic (exact) mass is 224 g/mol. The lowest BCUT2D eigenvalue weighted by molar-refractivity contribution is -0.0893. The minimum Gasteiger partial charge on any atom is -0.386 e. The first kappa shape index (κ1) is 13.5. The zero-order chi connectivity index (χ0) is 12.8. The van der Waals surface area contributed by atoms with Gasteiger partial charge in [-0.1, -0.05) is 53.7 Å². The first-order chi connectivity index (χ1) is 6.98. The second kappa shape index (κ2) is 3.71. The molecular weight excluding hydrogens is 200 g/mol. The minimum atomic E-state index is -1.19. The van der Waals surface area contributed by atoms with Gasteiger partial charge in [0, 0.05) is 0 Å². The van der Waals surface area contributed by atoms with Gasteiger partial charge in [0.25, 0.3) is 0 Å². The fraction of sp³-hybridized carbons (Fsp3) is 0.714. The molecule has 0 amide bonds. The zero-order valence-electron chi connectivity index (χ0n) is 11.2. The molecule has 0 aromatic heterocycles. The van der Waals surface area contributed by atoms with Crippen molar-refractivity contribution in [2.45, 2.75) is 53.2 Å². The standard InChI is InChI=1S/C14H24O2/c1-12(2,3)10-7-8-11(15)14(16,9-10)13(4,5)6/h7-9,11,15-16H,1-6H3. The van der Waals surface area contributed by atoms with Gasteiger partial charge in [-0.05, 0) is 22.5 Å². The summed E-state index contributed by atoms with van der Waals surface area (Å²) in [6.07, 6.45) is 4.58. The first-order valence-electron chi connectivity index (χ1n) is 5.80. The van der Waals surface area contributed by atoms with Gasteiger partial charge >= 0.3 is 0 Å². The quantitative estimate of drug-likeness (QED) is 0.664. The van der Waals surface area contributed by atoms with Crippen molar-refractivity contribution in [3.8, 4) is 0 Å². The molecule has 2 nitrogen and oxygen atoms in total. The molecule has 0 heterocycles. The SMILES string of the molecule is CC(C)(C)C1=CC(O)(C(C)(C)C)C(O)C=C1. The average Bonchev–Trinajstić information content (AvgIpc) is 2.06. The number of hydrogen-bond acceptors (Lipinski definition) is 2. The van der Waals surface area contributed by atoms with E-state index in [2.05, 4.69) is 20.8 Å². The van der Waals surface area contributed by atoms with Crippen molar-refractivity contribution in [2.75, 3.05) is 0 Å². The summed E-state index contributed by atoms with van der Waals surface area (Å²) in [5.41, 5.74) is -0.538. The van der Waals surface area contributed by atoms with E-state index in [9.17, 15) is 10.2 Å². The smallest absolute Gasteiger partial charge is 0.117 e. The van der Waals surface area contributed by atoms with Crippen LogP contribution in [0.3, 0.4) is 0 Å². The molecule has 2 atom stereocenters. The summed E-state index contributed by atoms with van der Waals surface area (Å²) in [5.74, 6) is 0. The van der Waals surface area contributed by atoms with Gasteiger partial charge in [0.1, 0.15) is 11.7 Å². The molecule has 2 N–H and O–H groups in total. The summed E-state index contributed by atoms with van der Waals surface area (Å²) in [6, 6.07) is 0. The molecule has 92 valence electrons. The van der Waals surface area contributed by atoms with E-state index in [4.69, 9.17) is 0 Å². The highest BCUT2D eigenvalue weighted by atomic mass is 16.3. The van der Waals surface area contributed by atoms with Crippen LogP contribution in [0.4, 0.5) is 0 Å². The van der Waals surface area contributed by atoms with Gasteiger partial charge in [-0.15, -0.1) is 0 Å². The van der Waals surface area contributed by atoms with E-state index in [1.165, 1.54) is 0 Å². The Morgan fingerprint density at radius 2 is 1.62 bits per heavy atom. The predicted octanol–water partition coefficient (Wildman–Crippen LogP) is 2.67. The van der Waals surface area contributed by atoms with Gasteiger partial charge in [0.05, 0.1) is 0 Å². The van der Waals surface area contributed by atoms with Crippen molar-refractivity contribution < 1.29 is 10.2 Å². The lowest BCUT2D eigenvalue weighted by Gasteiger charge is -2.44. The third kappa shape index (κ3) is 2.23. The summed E-state index contributed by atoms with van der Waals surface area (Å²) in [6.45, 7) is 12.1. The molecule has 0 aliphatic heterocycles. The molecule has 0 fully saturated rings. The summed E-state index contributed by atoms with van der Waals surface area (Å²) in [5, 5.41) is 20.6. The third-order valence-electron chi connectivity index (χ3n) is 3.35. The Kier molecular flexibility index (Phi) is 3.12. The van der Waals surface area contributed by atoms with Crippen molar-refractivity contribution in [3.63, 3.8) is 0 Å². The first-order valence-corrected chi connectivity index (χ1v) is 5.80. The van der Waals surface area contributed by atoms with E-state index in [0.29, 0.717) is 0 Å². The number of aliphatic hydroxyl groups excluding tert-OH is 1. The Bertz CT molecular complexity index is 326. The van der Waals surface area contributed by atoms with E-state index in [-0.39, 0.29) is 5.41 Å². The molecule has 0 saturated heterocycles. The molecule has 2 heteroatoms. The highest BCUT2D eigenvalue weighted by molar-refractivity contribution is 5.36. The lowest BCUT2D eigenvalue weighted by atomic mass is 9.68. The van der Waals surface area contributed by atoms with Gasteiger partial charge in [0.15, 0.2) is 0 Å². The van der Waals surface area contributed by atoms with Gasteiger partial charge < -0.3 is 10.2 Å². The number of rotatable bonds is 0. The summed E-state index contributed by atoms with van der Waals surface area (Å²) < 4.78 is 0. The number of hydrogen-bond donors (Lipinski definition) is 2. The molecule has 2 unspecified atom stereocenters. The van der Waals surface area contributed by atoms with Crippen molar-refractivity contribution in [3.05, 3.63) is 23.8 Å². The number of aliphatic hydroxyl groups is 2. The average molecular weight is 224 g/mol. The molecule has 1 rings (SSSR count). The van der Waals surface area contributed by atoms with Crippen LogP contribution in [0.1, 0.15) is 41.5 Å². The summed E-state index contributed by atoms with van der Waals surface area (Å²) >= 11 is 0. The molecule has 0 spiro atoms. The zero-order valence-corrected chi connectivity index (χ0v) is 11.2. The van der Waals surface area contributed by atoms with E-state index < -0.39 is 17.1 Å². The molecule has 0 radical (unpaired) electrons. The van der Waals surface area contributed by atoms with Gasteiger partial charge in [-0.2, -0.15) is 0 Å². The van der Waals surface area contributed by atoms with E-state index >= 15 is 0 Å². The fourth-order valence-corrected chi connectivity index (χ4v) is 1.84. The van der Waals surface area contributed by atoms with Crippen LogP contribution in [-0.2, 0) is 0 Å². The van der Waals surface area contributed by atoms with E-state index in [0.717, 1.165) is 5.57 Å². The number of allylic oxidation sites excluding steroid dienone is 2. The molecule has 0 bridgehead atoms. The Morgan fingerprint density at radius 3 is 2.00 bits per heavy atom. The van der Waals surface area contributed by atoms with E-state index in [1.54, 1.807) is 6.08 Å². The van der Waals surface area contributed by atoms with Crippen LogP contribution >= 0.6 is 0 Å². The topological polar surface area (TPSA) is 40.5 Å². The molecule has 1 aliphatic rings. The molecule has 0 saturated carbocycles. The van der Waals surface area contributed by atoms with Crippen LogP contribution in [0.25, 0.3) is 0 Å². The molecule has 0 aromatic carbocycles. The van der Waals surface area contributed by atoms with Crippen molar-refractivity contribution >= 4 is 0 Å². The largest absolute Gasteiger partial charge is 0.386 e. The van der Waals surface area contributed by atoms with Crippen molar-refractivity contribution in [2.24, 2.45) is 10.8 Å². The molecule has 0 aromatic rings. The maximum Gasteiger partial charge on any atom is 0.117 e. The minimum absolute atomic E-state index is 0.0180. The van der Waals surface area contributed by atoms with Crippen LogP contribution in [0.15, 0.2) is 23.8 Å². The lowest BCUT2D eigenvalue weighted by Crippen LogP contribution is -2.52. The Labute approximate surface area is 98.7 Å². The van der Waals surface area contributed by atoms with Gasteiger partial charge in [-0.3, -0.25) is 0 Å². The molecular formula is C14H24O2. The maximum atomic E-state index is 10.6. The summed E-state index contributed by atoms with van der Waals surface area (Å²) in [4.78, 5) is 0. The van der Waals surface area contributed by atoms with Crippen LogP contribution in [0.5, 0.6) is 0 Å². The second-order valence-electron chi connectivity index (χ2n) is 6.73. The molecule has 16 heavy (non-hydrogen) atoms. The van der Waals surface area contributed by atoms with Gasteiger partial charge in [-0.25, -0.2) is 0 Å². The molecule has 1 aliphatic carbocycles. The van der Waals surface area contributed by atoms with Crippen molar-refractivity contribution in [1.82, 2.24) is 0 Å². The second-order valence-corrected chi connectivity index (χ2v) is 6.73. The Balaban J connectivity index is 3.22. The Hall–Kier alpha value is -0.600. The third-order valence-corrected chi connectivity index (χ3v) is 3.35. The van der Waals surface area contributed by atoms with Crippen molar-refractivity contribution in [1.29, 1.82) is 0 Å². The van der Waals surface area contributed by atoms with Crippen LogP contribution in [0, 0.1) is 10.8 Å². The highest BCUT2D eigenvalue weighted by Crippen LogP contribution is 2.41. The summed E-state index contributed by atoms with van der Waals surface area (Å²) in [7, 11) is 0. The fourth-order valence-electron chi connectivity index (χ4n) is 1.84. The maximum absolute atomic E-state index is 10.6. The van der Waals surface area contributed by atoms with Crippen LogP contribution in [-0.4, -0.2) is 21.9 Å². The highest BCUT2D eigenvalue weighted by Gasteiger charge is 2.45. The van der Waals surface area contributed by atoms with E-state index in [1.807, 2.05) is 32.9 Å². The predicted molar refractivity (Wildman–Crippen MR) is 67.1 cm³/mol. The van der Waals surface area contributed by atoms with Crippen LogP contribution < -0.4 is 0 Å². The van der Waals surface area contributed by atoms with Gasteiger partial charge in [0.2, 0.25) is 0 Å².